The minimum atomic E-state index is -0.766. The third-order valence-corrected chi connectivity index (χ3v) is 3.48. The first-order valence-corrected chi connectivity index (χ1v) is 6.82. The molecule has 20 heavy (non-hydrogen) atoms. The largest absolute Gasteiger partial charge is 0.383 e. The van der Waals surface area contributed by atoms with Gasteiger partial charge in [-0.05, 0) is 15.9 Å². The summed E-state index contributed by atoms with van der Waals surface area (Å²) in [5.41, 5.74) is 7.13. The first-order chi connectivity index (χ1) is 9.54. The van der Waals surface area contributed by atoms with Gasteiger partial charge >= 0.3 is 0 Å². The zero-order valence-corrected chi connectivity index (χ0v) is 12.9. The van der Waals surface area contributed by atoms with Crippen LogP contribution in [0.4, 0.5) is 0 Å². The van der Waals surface area contributed by atoms with E-state index in [9.17, 15) is 4.79 Å². The Balaban J connectivity index is 2.26. The van der Waals surface area contributed by atoms with E-state index in [1.54, 1.807) is 42.1 Å². The molecule has 0 aliphatic carbocycles. The molecule has 108 valence electrons. The second-order valence-electron chi connectivity index (χ2n) is 4.35. The molecule has 0 spiro atoms. The summed E-state index contributed by atoms with van der Waals surface area (Å²) in [6, 6.07) is -0.766. The zero-order chi connectivity index (χ0) is 14.7. The van der Waals surface area contributed by atoms with Gasteiger partial charge in [0, 0.05) is 25.9 Å². The van der Waals surface area contributed by atoms with E-state index in [4.69, 9.17) is 10.5 Å². The number of ether oxygens (including phenoxy) is 1. The van der Waals surface area contributed by atoms with E-state index < -0.39 is 6.04 Å². The van der Waals surface area contributed by atoms with Gasteiger partial charge in [-0.3, -0.25) is 14.2 Å². The van der Waals surface area contributed by atoms with Gasteiger partial charge in [-0.2, -0.15) is 10.2 Å². The summed E-state index contributed by atoms with van der Waals surface area (Å²) < 4.78 is 8.83. The molecule has 0 fully saturated rings. The minimum Gasteiger partial charge on any atom is -0.383 e. The Bertz CT molecular complexity index is 607. The number of aryl methyl sites for hydroxylation is 1. The standard InChI is InChI=1S/C12H16BrN5O2/c1-17-7-8(5-15-17)10(14)12(19)11-9(13)6-16-18(11)3-4-20-2/h5-7,10H,3-4,14H2,1-2H3. The van der Waals surface area contributed by atoms with Crippen molar-refractivity contribution in [3.8, 4) is 0 Å². The van der Waals surface area contributed by atoms with Crippen LogP contribution >= 0.6 is 15.9 Å². The lowest BCUT2D eigenvalue weighted by molar-refractivity contribution is 0.0946. The highest BCUT2D eigenvalue weighted by Gasteiger charge is 2.25. The molecule has 0 saturated carbocycles. The van der Waals surface area contributed by atoms with Crippen LogP contribution in [0.2, 0.25) is 0 Å². The van der Waals surface area contributed by atoms with Crippen LogP contribution in [0.1, 0.15) is 22.1 Å². The van der Waals surface area contributed by atoms with Gasteiger partial charge in [-0.1, -0.05) is 0 Å². The van der Waals surface area contributed by atoms with Crippen LogP contribution in [0.25, 0.3) is 0 Å². The maximum absolute atomic E-state index is 12.5. The molecule has 0 aliphatic heterocycles. The van der Waals surface area contributed by atoms with Gasteiger partial charge in [-0.25, -0.2) is 0 Å². The Morgan fingerprint density at radius 3 is 2.85 bits per heavy atom. The number of ketones is 1. The van der Waals surface area contributed by atoms with Crippen LogP contribution < -0.4 is 5.73 Å². The second kappa shape index (κ2) is 6.29. The van der Waals surface area contributed by atoms with Gasteiger partial charge in [0.25, 0.3) is 0 Å². The summed E-state index contributed by atoms with van der Waals surface area (Å²) in [4.78, 5) is 12.5. The molecular weight excluding hydrogens is 326 g/mol. The van der Waals surface area contributed by atoms with Crippen molar-refractivity contribution < 1.29 is 9.53 Å². The molecule has 2 rings (SSSR count). The summed E-state index contributed by atoms with van der Waals surface area (Å²) >= 11 is 3.33. The number of methoxy groups -OCH3 is 1. The normalized spacial score (nSPS) is 12.6. The third kappa shape index (κ3) is 2.97. The average molecular weight is 342 g/mol. The fourth-order valence-electron chi connectivity index (χ4n) is 1.85. The first kappa shape index (κ1) is 14.9. The highest BCUT2D eigenvalue weighted by Crippen LogP contribution is 2.22. The van der Waals surface area contributed by atoms with Crippen molar-refractivity contribution in [1.29, 1.82) is 0 Å². The zero-order valence-electron chi connectivity index (χ0n) is 11.3. The molecule has 0 saturated heterocycles. The topological polar surface area (TPSA) is 88.0 Å². The molecule has 0 aliphatic rings. The molecule has 0 amide bonds. The quantitative estimate of drug-likeness (QED) is 0.789. The Hall–Kier alpha value is -1.51. The number of hydrogen-bond donors (Lipinski definition) is 1. The van der Waals surface area contributed by atoms with Gasteiger partial charge < -0.3 is 10.5 Å². The van der Waals surface area contributed by atoms with Crippen molar-refractivity contribution in [1.82, 2.24) is 19.6 Å². The fourth-order valence-corrected chi connectivity index (χ4v) is 2.35. The number of Topliss-reactive ketones (excluding diaryl/α,β-unsaturated/α-hetero) is 1. The van der Waals surface area contributed by atoms with Crippen molar-refractivity contribution in [3.05, 3.63) is 34.3 Å². The van der Waals surface area contributed by atoms with E-state index >= 15 is 0 Å². The lowest BCUT2D eigenvalue weighted by Gasteiger charge is -2.11. The highest BCUT2D eigenvalue weighted by atomic mass is 79.9. The van der Waals surface area contributed by atoms with E-state index in [1.807, 2.05) is 0 Å². The number of carbonyl (C=O) groups excluding carboxylic acids is 1. The number of rotatable bonds is 6. The average Bonchev–Trinajstić information content (AvgIpc) is 3.01. The van der Waals surface area contributed by atoms with E-state index in [0.29, 0.717) is 28.9 Å². The molecule has 0 bridgehead atoms. The Kier molecular flexibility index (Phi) is 4.69. The van der Waals surface area contributed by atoms with E-state index in [-0.39, 0.29) is 5.78 Å². The van der Waals surface area contributed by atoms with Gasteiger partial charge in [0.15, 0.2) is 0 Å². The molecular formula is C12H16BrN5O2. The van der Waals surface area contributed by atoms with Gasteiger partial charge in [-0.15, -0.1) is 0 Å². The monoisotopic (exact) mass is 341 g/mol. The number of carbonyl (C=O) groups is 1. The predicted octanol–water partition coefficient (Wildman–Crippen LogP) is 0.908. The molecule has 0 aromatic carbocycles. The molecule has 7 nitrogen and oxygen atoms in total. The smallest absolute Gasteiger partial charge is 0.203 e. The molecule has 1 atom stereocenters. The first-order valence-electron chi connectivity index (χ1n) is 6.03. The maximum atomic E-state index is 12.5. The Morgan fingerprint density at radius 2 is 2.25 bits per heavy atom. The van der Waals surface area contributed by atoms with Crippen molar-refractivity contribution in [2.24, 2.45) is 12.8 Å². The number of nitrogens with two attached hydrogens (primary N) is 1. The van der Waals surface area contributed by atoms with E-state index in [1.165, 1.54) is 0 Å². The number of hydrogen-bond acceptors (Lipinski definition) is 5. The summed E-state index contributed by atoms with van der Waals surface area (Å²) in [5, 5.41) is 8.17. The van der Waals surface area contributed by atoms with Gasteiger partial charge in [0.2, 0.25) is 5.78 Å². The minimum absolute atomic E-state index is 0.210. The summed E-state index contributed by atoms with van der Waals surface area (Å²) in [7, 11) is 3.38. The molecule has 2 aromatic rings. The van der Waals surface area contributed by atoms with Crippen molar-refractivity contribution in [3.63, 3.8) is 0 Å². The molecule has 2 N–H and O–H groups in total. The molecule has 2 aromatic heterocycles. The van der Waals surface area contributed by atoms with Crippen molar-refractivity contribution in [2.75, 3.05) is 13.7 Å². The van der Waals surface area contributed by atoms with Gasteiger partial charge in [0.05, 0.1) is 36.1 Å². The third-order valence-electron chi connectivity index (χ3n) is 2.90. The van der Waals surface area contributed by atoms with Crippen LogP contribution in [-0.2, 0) is 18.3 Å². The fraction of sp³-hybridized carbons (Fsp3) is 0.417. The van der Waals surface area contributed by atoms with Gasteiger partial charge in [0.1, 0.15) is 5.69 Å². The lowest BCUT2D eigenvalue weighted by atomic mass is 10.1. The Labute approximate surface area is 124 Å². The van der Waals surface area contributed by atoms with E-state index in [0.717, 1.165) is 0 Å². The number of nitrogens with zero attached hydrogens (tertiary/aromatic N) is 4. The van der Waals surface area contributed by atoms with Crippen LogP contribution in [-0.4, -0.2) is 39.1 Å². The molecule has 1 unspecified atom stereocenters. The van der Waals surface area contributed by atoms with Crippen LogP contribution in [0, 0.1) is 0 Å². The SMILES string of the molecule is COCCn1ncc(Br)c1C(=O)C(N)c1cnn(C)c1. The second-order valence-corrected chi connectivity index (χ2v) is 5.20. The number of aromatic nitrogens is 4. The highest BCUT2D eigenvalue weighted by molar-refractivity contribution is 9.10. The summed E-state index contributed by atoms with van der Waals surface area (Å²) in [6.45, 7) is 0.958. The number of halogens is 1. The van der Waals surface area contributed by atoms with Crippen LogP contribution in [0.15, 0.2) is 23.1 Å². The van der Waals surface area contributed by atoms with Crippen LogP contribution in [0.3, 0.4) is 0 Å². The Morgan fingerprint density at radius 1 is 1.50 bits per heavy atom. The van der Waals surface area contributed by atoms with Crippen molar-refractivity contribution in [2.45, 2.75) is 12.6 Å². The summed E-state index contributed by atoms with van der Waals surface area (Å²) in [6.07, 6.45) is 4.90. The molecule has 8 heteroatoms. The summed E-state index contributed by atoms with van der Waals surface area (Å²) in [5.74, 6) is -0.210. The lowest BCUT2D eigenvalue weighted by Crippen LogP contribution is -2.25. The van der Waals surface area contributed by atoms with Crippen LogP contribution in [0.5, 0.6) is 0 Å². The predicted molar refractivity (Wildman–Crippen MR) is 76.3 cm³/mol. The molecule has 0 radical (unpaired) electrons. The van der Waals surface area contributed by atoms with E-state index in [2.05, 4.69) is 26.1 Å². The van der Waals surface area contributed by atoms with Crippen molar-refractivity contribution >= 4 is 21.7 Å². The molecule has 2 heterocycles. The maximum Gasteiger partial charge on any atom is 0.203 e.